The monoisotopic (exact) mass is 715 g/mol. The first-order valence-corrected chi connectivity index (χ1v) is 19.6. The molecule has 12 rings (SSSR count). The summed E-state index contributed by atoms with van der Waals surface area (Å²) in [5.74, 6) is 1.83. The summed E-state index contributed by atoms with van der Waals surface area (Å²) in [6.07, 6.45) is 0. The summed E-state index contributed by atoms with van der Waals surface area (Å²) in [6, 6.07) is 69.4. The van der Waals surface area contributed by atoms with Gasteiger partial charge in [-0.15, -0.1) is 0 Å². The second-order valence-electron chi connectivity index (χ2n) is 16.0. The minimum absolute atomic E-state index is 0.139. The van der Waals surface area contributed by atoms with Gasteiger partial charge in [-0.1, -0.05) is 172 Å². The molecular weight excluding hydrogens is 679 g/mol. The van der Waals surface area contributed by atoms with Crippen LogP contribution >= 0.6 is 0 Å². The average Bonchev–Trinajstić information content (AvgIpc) is 3.67. The molecule has 9 aromatic carbocycles. The number of ether oxygens (including phenoxy) is 1. The van der Waals surface area contributed by atoms with E-state index in [1.165, 1.54) is 71.8 Å². The summed E-state index contributed by atoms with van der Waals surface area (Å²) in [4.78, 5) is 2.53. The molecule has 0 aromatic heterocycles. The maximum Gasteiger partial charge on any atom is 0.140 e. The number of anilines is 3. The van der Waals surface area contributed by atoms with Gasteiger partial charge in [0.2, 0.25) is 0 Å². The smallest absolute Gasteiger partial charge is 0.140 e. The highest BCUT2D eigenvalue weighted by atomic mass is 16.5. The van der Waals surface area contributed by atoms with Crippen LogP contribution < -0.4 is 9.64 Å². The zero-order chi connectivity index (χ0) is 37.2. The molecule has 0 fully saturated rings. The van der Waals surface area contributed by atoms with Crippen LogP contribution in [0.4, 0.5) is 17.1 Å². The first-order chi connectivity index (χ1) is 27.5. The van der Waals surface area contributed by atoms with Gasteiger partial charge in [-0.3, -0.25) is 0 Å². The lowest BCUT2D eigenvalue weighted by Crippen LogP contribution is -2.32. The van der Waals surface area contributed by atoms with Crippen molar-refractivity contribution in [2.45, 2.75) is 24.7 Å². The van der Waals surface area contributed by atoms with Gasteiger partial charge in [0.15, 0.2) is 0 Å². The second kappa shape index (κ2) is 11.3. The van der Waals surface area contributed by atoms with Gasteiger partial charge in [0.05, 0.1) is 16.8 Å². The third-order valence-corrected chi connectivity index (χ3v) is 12.9. The van der Waals surface area contributed by atoms with E-state index in [4.69, 9.17) is 4.74 Å². The maximum absolute atomic E-state index is 6.95. The Hall–Kier alpha value is -6.90. The van der Waals surface area contributed by atoms with Crippen LogP contribution in [0.2, 0.25) is 0 Å². The molecule has 3 aliphatic rings. The summed E-state index contributed by atoms with van der Waals surface area (Å²) in [7, 11) is 0. The Kier molecular flexibility index (Phi) is 6.36. The molecule has 0 N–H and O–H groups in total. The third kappa shape index (κ3) is 4.00. The largest absolute Gasteiger partial charge is 0.456 e. The van der Waals surface area contributed by atoms with Crippen LogP contribution in [0.25, 0.3) is 43.8 Å². The highest BCUT2D eigenvalue weighted by Gasteiger charge is 2.52. The van der Waals surface area contributed by atoms with E-state index in [-0.39, 0.29) is 5.41 Å². The maximum atomic E-state index is 6.95. The molecule has 56 heavy (non-hydrogen) atoms. The fourth-order valence-electron chi connectivity index (χ4n) is 10.5. The quantitative estimate of drug-likeness (QED) is 0.181. The minimum atomic E-state index is -0.595. The topological polar surface area (TPSA) is 12.5 Å². The molecule has 0 bridgehead atoms. The van der Waals surface area contributed by atoms with Gasteiger partial charge in [-0.2, -0.15) is 0 Å². The lowest BCUT2D eigenvalue weighted by atomic mass is 9.65. The lowest BCUT2D eigenvalue weighted by molar-refractivity contribution is 0.441. The van der Waals surface area contributed by atoms with Crippen molar-refractivity contribution in [2.75, 3.05) is 4.90 Å². The molecule has 1 unspecified atom stereocenters. The predicted octanol–water partition coefficient (Wildman–Crippen LogP) is 14.2. The predicted molar refractivity (Wildman–Crippen MR) is 231 cm³/mol. The van der Waals surface area contributed by atoms with E-state index in [0.29, 0.717) is 0 Å². The van der Waals surface area contributed by atoms with E-state index in [1.807, 2.05) is 0 Å². The molecule has 2 nitrogen and oxygen atoms in total. The first kappa shape index (κ1) is 31.5. The molecule has 1 atom stereocenters. The van der Waals surface area contributed by atoms with Gasteiger partial charge in [0, 0.05) is 38.6 Å². The van der Waals surface area contributed by atoms with Crippen LogP contribution in [-0.4, -0.2) is 0 Å². The molecule has 0 amide bonds. The molecule has 0 saturated heterocycles. The zero-order valence-electron chi connectivity index (χ0n) is 31.3. The van der Waals surface area contributed by atoms with Crippen molar-refractivity contribution in [3.63, 3.8) is 0 Å². The van der Waals surface area contributed by atoms with Crippen molar-refractivity contribution >= 4 is 38.6 Å². The molecule has 1 aliphatic heterocycles. The fourth-order valence-corrected chi connectivity index (χ4v) is 10.5. The number of para-hydroxylation sites is 1. The Labute approximate surface area is 326 Å². The Morgan fingerprint density at radius 1 is 0.411 bits per heavy atom. The fraction of sp³-hybridized carbons (Fsp3) is 0.0741. The van der Waals surface area contributed by atoms with Crippen LogP contribution in [-0.2, 0) is 10.8 Å². The molecule has 0 radical (unpaired) electrons. The molecule has 9 aromatic rings. The van der Waals surface area contributed by atoms with Crippen LogP contribution in [0.5, 0.6) is 11.5 Å². The van der Waals surface area contributed by atoms with E-state index in [9.17, 15) is 0 Å². The number of benzene rings is 9. The number of nitrogens with zero attached hydrogens (tertiary/aromatic N) is 1. The van der Waals surface area contributed by atoms with Gasteiger partial charge >= 0.3 is 0 Å². The Bertz CT molecular complexity index is 3110. The highest BCUT2D eigenvalue weighted by Crippen LogP contribution is 2.65. The molecular formula is C54H37NO. The first-order valence-electron chi connectivity index (χ1n) is 19.6. The van der Waals surface area contributed by atoms with Gasteiger partial charge < -0.3 is 9.64 Å². The average molecular weight is 716 g/mol. The summed E-state index contributed by atoms with van der Waals surface area (Å²) < 4.78 is 6.95. The van der Waals surface area contributed by atoms with Crippen molar-refractivity contribution in [1.29, 1.82) is 0 Å². The Morgan fingerprint density at radius 2 is 1.02 bits per heavy atom. The number of fused-ring (bicyclic) bond motifs is 15. The molecule has 2 heteroatoms. The standard InChI is InChI=1S/C54H37NO/c1-53(2)42-22-9-7-20-39(42)40-31-30-36(33-47(40)53)55(48-26-13-17-34-15-3-5-18-37(34)48)49-27-14-25-45-51(49)41-21-8-10-23-43(41)54(45)44-24-11-12-28-50(44)56-52-38-19-6-4-16-35(38)29-32-46(52)54/h3-33H,1-2H3. The number of rotatable bonds is 3. The molecule has 0 saturated carbocycles. The minimum Gasteiger partial charge on any atom is -0.456 e. The van der Waals surface area contributed by atoms with Crippen molar-refractivity contribution < 1.29 is 4.74 Å². The molecule has 2 aliphatic carbocycles. The summed E-state index contributed by atoms with van der Waals surface area (Å²) in [5, 5.41) is 4.72. The Balaban J connectivity index is 1.19. The van der Waals surface area contributed by atoms with Gasteiger partial charge in [-0.25, -0.2) is 0 Å². The van der Waals surface area contributed by atoms with Gasteiger partial charge in [-0.05, 0) is 80.0 Å². The molecule has 264 valence electrons. The van der Waals surface area contributed by atoms with E-state index in [1.54, 1.807) is 0 Å². The van der Waals surface area contributed by atoms with Crippen LogP contribution in [0, 0.1) is 0 Å². The van der Waals surface area contributed by atoms with E-state index in [0.717, 1.165) is 33.9 Å². The molecule has 1 spiro atoms. The summed E-state index contributed by atoms with van der Waals surface area (Å²) >= 11 is 0. The van der Waals surface area contributed by atoms with Crippen LogP contribution in [0.1, 0.15) is 47.2 Å². The van der Waals surface area contributed by atoms with Crippen molar-refractivity contribution in [2.24, 2.45) is 0 Å². The molecule has 1 heterocycles. The SMILES string of the molecule is CC1(C)c2ccccc2-c2ccc(N(c3cccc4c3-c3ccccc3C43c4ccccc4Oc4c3ccc3ccccc43)c3cccc4ccccc34)cc21. The summed E-state index contributed by atoms with van der Waals surface area (Å²) in [5.41, 5.74) is 15.5. The normalized spacial score (nSPS) is 16.4. The van der Waals surface area contributed by atoms with E-state index < -0.39 is 5.41 Å². The second-order valence-corrected chi connectivity index (χ2v) is 16.0. The van der Waals surface area contributed by atoms with Crippen molar-refractivity contribution in [1.82, 2.24) is 0 Å². The Morgan fingerprint density at radius 3 is 1.88 bits per heavy atom. The number of hydrogen-bond donors (Lipinski definition) is 0. The van der Waals surface area contributed by atoms with Gasteiger partial charge in [0.1, 0.15) is 11.5 Å². The highest BCUT2D eigenvalue weighted by molar-refractivity contribution is 6.05. The van der Waals surface area contributed by atoms with Crippen LogP contribution in [0.15, 0.2) is 188 Å². The van der Waals surface area contributed by atoms with Crippen LogP contribution in [0.3, 0.4) is 0 Å². The summed E-state index contributed by atoms with van der Waals surface area (Å²) in [6.45, 7) is 4.74. The van der Waals surface area contributed by atoms with Gasteiger partial charge in [0.25, 0.3) is 0 Å². The third-order valence-electron chi connectivity index (χ3n) is 12.9. The van der Waals surface area contributed by atoms with E-state index >= 15 is 0 Å². The van der Waals surface area contributed by atoms with Crippen molar-refractivity contribution in [3.8, 4) is 33.8 Å². The van der Waals surface area contributed by atoms with Crippen molar-refractivity contribution in [3.05, 3.63) is 221 Å². The zero-order valence-corrected chi connectivity index (χ0v) is 31.3. The number of hydrogen-bond acceptors (Lipinski definition) is 2. The van der Waals surface area contributed by atoms with E-state index in [2.05, 4.69) is 207 Å². The lowest BCUT2D eigenvalue weighted by Gasteiger charge is -2.40.